The highest BCUT2D eigenvalue weighted by atomic mass is 16.6. The van der Waals surface area contributed by atoms with E-state index in [0.717, 1.165) is 167 Å². The fourth-order valence-corrected chi connectivity index (χ4v) is 8.78. The Morgan fingerprint density at radius 1 is 0.241 bits per heavy atom. The van der Waals surface area contributed by atoms with Crippen LogP contribution >= 0.6 is 0 Å². The van der Waals surface area contributed by atoms with E-state index in [1.165, 1.54) is 70.6 Å². The summed E-state index contributed by atoms with van der Waals surface area (Å²) in [5, 5.41) is 0. The van der Waals surface area contributed by atoms with Crippen LogP contribution in [0.4, 0.5) is 0 Å². The Morgan fingerprint density at radius 2 is 0.434 bits per heavy atom. The van der Waals surface area contributed by atoms with Crippen molar-refractivity contribution in [2.45, 2.75) is 284 Å². The molecule has 0 spiro atoms. The van der Waals surface area contributed by atoms with Crippen LogP contribution in [0.1, 0.15) is 278 Å². The van der Waals surface area contributed by atoms with E-state index in [1.807, 2.05) is 0 Å². The monoisotopic (exact) mass is 1140 g/mol. The zero-order valence-electron chi connectivity index (χ0n) is 53.4. The highest BCUT2D eigenvalue weighted by Gasteiger charge is 2.19. The van der Waals surface area contributed by atoms with Gasteiger partial charge in [-0.2, -0.15) is 0 Å². The molecule has 0 radical (unpaired) electrons. The van der Waals surface area contributed by atoms with E-state index in [-0.39, 0.29) is 31.1 Å². The maximum atomic E-state index is 12.9. The molecule has 6 heteroatoms. The third-order valence-corrected chi connectivity index (χ3v) is 13.7. The molecule has 0 saturated heterocycles. The first-order valence-electron chi connectivity index (χ1n) is 33.6. The van der Waals surface area contributed by atoms with Gasteiger partial charge in [0.15, 0.2) is 6.10 Å². The minimum atomic E-state index is -0.806. The van der Waals surface area contributed by atoms with Crippen molar-refractivity contribution in [1.82, 2.24) is 0 Å². The summed E-state index contributed by atoms with van der Waals surface area (Å²) in [6, 6.07) is 0. The van der Waals surface area contributed by atoms with Gasteiger partial charge in [-0.1, -0.05) is 281 Å². The second kappa shape index (κ2) is 69.3. The quantitative estimate of drug-likeness (QED) is 0.0261. The minimum Gasteiger partial charge on any atom is -0.462 e. The van der Waals surface area contributed by atoms with Crippen LogP contribution in [0.25, 0.3) is 0 Å². The summed E-state index contributed by atoms with van der Waals surface area (Å²) in [5.41, 5.74) is 0. The van der Waals surface area contributed by atoms with Crippen molar-refractivity contribution in [3.8, 4) is 0 Å². The summed E-state index contributed by atoms with van der Waals surface area (Å²) < 4.78 is 16.9. The first-order valence-corrected chi connectivity index (χ1v) is 33.6. The van der Waals surface area contributed by atoms with Gasteiger partial charge in [0.2, 0.25) is 0 Å². The van der Waals surface area contributed by atoms with Gasteiger partial charge in [0.25, 0.3) is 0 Å². The molecule has 0 aromatic rings. The van der Waals surface area contributed by atoms with Gasteiger partial charge in [0.1, 0.15) is 13.2 Å². The SMILES string of the molecule is CC/C=C\C/C=C\C/C=C\C/C=C\C/C=C\C/C=C\C/C=C\C/C=C\CCCCCCCCCCCCC(=O)OCC(COC(=O)CCCCC/C=C\C/C=C\C/C=C\CC)OC(=O)CCCCCCCCC/C=C\C/C=C\C/C=C\CC. The lowest BCUT2D eigenvalue weighted by Crippen LogP contribution is -2.30. The van der Waals surface area contributed by atoms with Crippen LogP contribution in [-0.4, -0.2) is 37.2 Å². The maximum Gasteiger partial charge on any atom is 0.306 e. The standard InChI is InChI=1S/C77H122O6/c1-4-7-10-13-16-19-22-25-27-29-30-31-32-33-34-35-36-37-38-39-40-41-42-43-44-45-46-48-49-52-55-58-61-64-67-70-76(79)82-73-74(72-81-75(78)69-66-63-60-57-54-51-24-21-18-15-12-9-6-3)83-77(80)71-68-65-62-59-56-53-50-47-28-26-23-20-17-14-11-8-5-2/h7-12,16-21,25-28,30-31,33-34,36-37,39-40,42-43,51,54,74H,4-6,13-15,22-24,29,32,35,38,41,44-50,52-53,55-73H2,1-3H3/b10-7-,11-8-,12-9-,19-16-,20-17-,21-18-,27-25-,28-26-,31-30-,34-33-,37-36-,40-39-,43-42-,54-51-. The Morgan fingerprint density at radius 3 is 0.687 bits per heavy atom. The van der Waals surface area contributed by atoms with Gasteiger partial charge in [-0.3, -0.25) is 14.4 Å². The molecule has 0 aliphatic rings. The Kier molecular flexibility index (Phi) is 64.9. The van der Waals surface area contributed by atoms with E-state index in [0.29, 0.717) is 19.3 Å². The van der Waals surface area contributed by atoms with Crippen molar-refractivity contribution >= 4 is 17.9 Å². The average Bonchev–Trinajstić information content (AvgIpc) is 3.49. The highest BCUT2D eigenvalue weighted by Crippen LogP contribution is 2.15. The summed E-state index contributed by atoms with van der Waals surface area (Å²) >= 11 is 0. The van der Waals surface area contributed by atoms with E-state index in [2.05, 4.69) is 191 Å². The van der Waals surface area contributed by atoms with Crippen LogP contribution < -0.4 is 0 Å². The van der Waals surface area contributed by atoms with Crippen LogP contribution in [0, 0.1) is 0 Å². The van der Waals surface area contributed by atoms with Crippen LogP contribution in [0.5, 0.6) is 0 Å². The number of hydrogen-bond donors (Lipinski definition) is 0. The van der Waals surface area contributed by atoms with Gasteiger partial charge in [0, 0.05) is 19.3 Å². The molecule has 6 nitrogen and oxygen atoms in total. The topological polar surface area (TPSA) is 78.9 Å². The van der Waals surface area contributed by atoms with E-state index >= 15 is 0 Å². The molecule has 0 bridgehead atoms. The zero-order valence-corrected chi connectivity index (χ0v) is 53.4. The summed E-state index contributed by atoms with van der Waals surface area (Å²) in [7, 11) is 0. The molecular formula is C77H122O6. The van der Waals surface area contributed by atoms with Crippen LogP contribution in [0.15, 0.2) is 170 Å². The van der Waals surface area contributed by atoms with E-state index in [9.17, 15) is 14.4 Å². The van der Waals surface area contributed by atoms with Crippen molar-refractivity contribution in [3.63, 3.8) is 0 Å². The molecule has 0 fully saturated rings. The number of carbonyl (C=O) groups excluding carboxylic acids is 3. The molecule has 466 valence electrons. The maximum absolute atomic E-state index is 12.9. The number of ether oxygens (including phenoxy) is 3. The molecule has 1 atom stereocenters. The number of esters is 3. The van der Waals surface area contributed by atoms with Gasteiger partial charge in [-0.05, 0) is 148 Å². The number of rotatable bonds is 59. The van der Waals surface area contributed by atoms with Gasteiger partial charge >= 0.3 is 17.9 Å². The predicted octanol–water partition coefficient (Wildman–Crippen LogP) is 23.4. The minimum absolute atomic E-state index is 0.0999. The Bertz CT molecular complexity index is 1890. The highest BCUT2D eigenvalue weighted by molar-refractivity contribution is 5.71. The van der Waals surface area contributed by atoms with Crippen molar-refractivity contribution in [2.24, 2.45) is 0 Å². The fraction of sp³-hybridized carbons (Fsp3) is 0.597. The van der Waals surface area contributed by atoms with Gasteiger partial charge in [-0.25, -0.2) is 0 Å². The number of allylic oxidation sites excluding steroid dienone is 28. The van der Waals surface area contributed by atoms with Crippen molar-refractivity contribution in [1.29, 1.82) is 0 Å². The van der Waals surface area contributed by atoms with Crippen LogP contribution in [-0.2, 0) is 28.6 Å². The lowest BCUT2D eigenvalue weighted by molar-refractivity contribution is -0.167. The van der Waals surface area contributed by atoms with E-state index < -0.39 is 6.10 Å². The summed E-state index contributed by atoms with van der Waals surface area (Å²) in [5.74, 6) is -0.946. The largest absolute Gasteiger partial charge is 0.462 e. The number of unbranched alkanes of at least 4 members (excludes halogenated alkanes) is 20. The van der Waals surface area contributed by atoms with Crippen LogP contribution in [0.3, 0.4) is 0 Å². The molecule has 0 aliphatic carbocycles. The van der Waals surface area contributed by atoms with E-state index in [1.54, 1.807) is 0 Å². The van der Waals surface area contributed by atoms with Crippen molar-refractivity contribution < 1.29 is 28.6 Å². The molecule has 0 heterocycles. The Hall–Kier alpha value is -5.23. The second-order valence-electron chi connectivity index (χ2n) is 21.6. The first kappa shape index (κ1) is 77.8. The van der Waals surface area contributed by atoms with Gasteiger partial charge < -0.3 is 14.2 Å². The van der Waals surface area contributed by atoms with E-state index in [4.69, 9.17) is 14.2 Å². The summed E-state index contributed by atoms with van der Waals surface area (Å²) in [6.07, 6.45) is 102. The first-order chi connectivity index (χ1) is 41.0. The molecule has 0 aromatic heterocycles. The molecule has 83 heavy (non-hydrogen) atoms. The van der Waals surface area contributed by atoms with Crippen LogP contribution in [0.2, 0.25) is 0 Å². The lowest BCUT2D eigenvalue weighted by atomic mass is 10.1. The van der Waals surface area contributed by atoms with Gasteiger partial charge in [0.05, 0.1) is 0 Å². The molecule has 0 rings (SSSR count). The molecule has 1 unspecified atom stereocenters. The fourth-order valence-electron chi connectivity index (χ4n) is 8.78. The van der Waals surface area contributed by atoms with Crippen molar-refractivity contribution in [3.05, 3.63) is 170 Å². The lowest BCUT2D eigenvalue weighted by Gasteiger charge is -2.18. The Labute approximate surface area is 511 Å². The molecule has 0 amide bonds. The molecule has 0 N–H and O–H groups in total. The molecule has 0 saturated carbocycles. The third-order valence-electron chi connectivity index (χ3n) is 13.7. The number of hydrogen-bond acceptors (Lipinski definition) is 6. The zero-order chi connectivity index (χ0) is 59.9. The molecule has 0 aromatic carbocycles. The third kappa shape index (κ3) is 67.4. The Balaban J connectivity index is 4.28. The normalized spacial score (nSPS) is 13.2. The molecule has 0 aliphatic heterocycles. The van der Waals surface area contributed by atoms with Crippen molar-refractivity contribution in [2.75, 3.05) is 13.2 Å². The summed E-state index contributed by atoms with van der Waals surface area (Å²) in [6.45, 7) is 6.26. The smallest absolute Gasteiger partial charge is 0.306 e. The second-order valence-corrected chi connectivity index (χ2v) is 21.6. The summed E-state index contributed by atoms with van der Waals surface area (Å²) in [4.78, 5) is 38.3. The number of carbonyl (C=O) groups is 3. The van der Waals surface area contributed by atoms with Gasteiger partial charge in [-0.15, -0.1) is 0 Å². The molecular weight excluding hydrogens is 1020 g/mol. The predicted molar refractivity (Wildman–Crippen MR) is 361 cm³/mol. The average molecular weight is 1140 g/mol.